The van der Waals surface area contributed by atoms with Crippen molar-refractivity contribution in [1.29, 1.82) is 0 Å². The topological polar surface area (TPSA) is 104 Å². The normalized spacial score (nSPS) is 10.9. The van der Waals surface area contributed by atoms with E-state index in [2.05, 4.69) is 20.3 Å². The predicted molar refractivity (Wildman–Crippen MR) is 95.4 cm³/mol. The van der Waals surface area contributed by atoms with Gasteiger partial charge in [0.2, 0.25) is 17.5 Å². The molecule has 0 aliphatic rings. The highest BCUT2D eigenvalue weighted by Gasteiger charge is 2.14. The van der Waals surface area contributed by atoms with Gasteiger partial charge in [0, 0.05) is 22.9 Å². The molecule has 0 saturated carbocycles. The Morgan fingerprint density at radius 3 is 2.46 bits per heavy atom. The third-order valence-corrected chi connectivity index (χ3v) is 4.40. The quantitative estimate of drug-likeness (QED) is 0.433. The fourth-order valence-corrected chi connectivity index (χ4v) is 2.95. The molecule has 8 nitrogen and oxygen atoms in total. The number of aromatic nitrogens is 4. The summed E-state index contributed by atoms with van der Waals surface area (Å²) in [5.41, 5.74) is 1.47. The van der Waals surface area contributed by atoms with Crippen LogP contribution in [0.2, 0.25) is 0 Å². The highest BCUT2D eigenvalue weighted by atomic mass is 32.1. The first-order valence-electron chi connectivity index (χ1n) is 8.27. The Labute approximate surface area is 162 Å². The summed E-state index contributed by atoms with van der Waals surface area (Å²) >= 11 is 1.52. The van der Waals surface area contributed by atoms with Gasteiger partial charge < -0.3 is 13.8 Å². The molecule has 10 heteroatoms. The molecule has 4 aromatic rings. The van der Waals surface area contributed by atoms with Crippen molar-refractivity contribution in [2.75, 3.05) is 0 Å². The molecular weight excluding hydrogens is 387 g/mol. The molecule has 0 radical (unpaired) electrons. The van der Waals surface area contributed by atoms with Gasteiger partial charge in [0.25, 0.3) is 5.89 Å². The lowest BCUT2D eigenvalue weighted by molar-refractivity contribution is -0.145. The molecule has 0 aliphatic heterocycles. The van der Waals surface area contributed by atoms with Crippen molar-refractivity contribution in [3.05, 3.63) is 58.7 Å². The summed E-state index contributed by atoms with van der Waals surface area (Å²) in [5, 5.41) is 11.5. The molecule has 0 spiro atoms. The van der Waals surface area contributed by atoms with E-state index in [1.807, 2.05) is 16.8 Å². The van der Waals surface area contributed by atoms with E-state index in [-0.39, 0.29) is 37.0 Å². The summed E-state index contributed by atoms with van der Waals surface area (Å²) in [4.78, 5) is 20.3. The summed E-state index contributed by atoms with van der Waals surface area (Å²) in [7, 11) is 0. The van der Waals surface area contributed by atoms with E-state index >= 15 is 0 Å². The van der Waals surface area contributed by atoms with Crippen LogP contribution in [0.5, 0.6) is 0 Å². The van der Waals surface area contributed by atoms with Gasteiger partial charge in [-0.2, -0.15) is 21.3 Å². The minimum Gasteiger partial charge on any atom is -0.456 e. The molecule has 0 amide bonds. The van der Waals surface area contributed by atoms with Gasteiger partial charge in [-0.1, -0.05) is 10.3 Å². The zero-order valence-electron chi connectivity index (χ0n) is 14.4. The maximum atomic E-state index is 13.0. The Morgan fingerprint density at radius 1 is 1.00 bits per heavy atom. The number of hydrogen-bond donors (Lipinski definition) is 0. The first-order valence-corrected chi connectivity index (χ1v) is 9.21. The monoisotopic (exact) mass is 400 g/mol. The zero-order chi connectivity index (χ0) is 19.3. The van der Waals surface area contributed by atoms with Crippen LogP contribution in [0, 0.1) is 5.82 Å². The van der Waals surface area contributed by atoms with E-state index in [9.17, 15) is 9.18 Å². The molecule has 4 rings (SSSR count). The molecule has 0 aliphatic carbocycles. The zero-order valence-corrected chi connectivity index (χ0v) is 15.2. The molecule has 142 valence electrons. The minimum atomic E-state index is -0.461. The van der Waals surface area contributed by atoms with E-state index in [0.29, 0.717) is 17.2 Å². The number of aryl methyl sites for hydroxylation is 1. The van der Waals surface area contributed by atoms with Gasteiger partial charge in [-0.3, -0.25) is 4.79 Å². The van der Waals surface area contributed by atoms with E-state index in [1.165, 1.54) is 23.5 Å². The largest absolute Gasteiger partial charge is 0.456 e. The number of benzene rings is 1. The molecule has 3 aromatic heterocycles. The fraction of sp³-hybridized carbons (Fsp3) is 0.167. The van der Waals surface area contributed by atoms with Crippen LogP contribution in [0.1, 0.15) is 18.2 Å². The molecule has 0 unspecified atom stereocenters. The Morgan fingerprint density at radius 2 is 1.71 bits per heavy atom. The maximum Gasteiger partial charge on any atom is 0.306 e. The van der Waals surface area contributed by atoms with Crippen LogP contribution in [0.15, 0.2) is 50.1 Å². The van der Waals surface area contributed by atoms with Gasteiger partial charge in [-0.15, -0.1) is 0 Å². The van der Waals surface area contributed by atoms with Crippen molar-refractivity contribution >= 4 is 17.3 Å². The molecule has 1 aromatic carbocycles. The number of carbonyl (C=O) groups is 1. The van der Waals surface area contributed by atoms with Crippen LogP contribution in [0.4, 0.5) is 4.39 Å². The van der Waals surface area contributed by atoms with E-state index in [0.717, 1.165) is 5.56 Å². The van der Waals surface area contributed by atoms with Crippen molar-refractivity contribution in [3.63, 3.8) is 0 Å². The smallest absolute Gasteiger partial charge is 0.306 e. The predicted octanol–water partition coefficient (Wildman–Crippen LogP) is 3.66. The molecule has 0 atom stereocenters. The van der Waals surface area contributed by atoms with Crippen molar-refractivity contribution in [2.45, 2.75) is 19.4 Å². The van der Waals surface area contributed by atoms with E-state index < -0.39 is 5.97 Å². The Balaban J connectivity index is 1.26. The minimum absolute atomic E-state index is 0.0522. The van der Waals surface area contributed by atoms with Gasteiger partial charge in [0.1, 0.15) is 5.82 Å². The second-order valence-electron chi connectivity index (χ2n) is 5.70. The molecule has 0 N–H and O–H groups in total. The van der Waals surface area contributed by atoms with Crippen molar-refractivity contribution in [1.82, 2.24) is 20.3 Å². The number of ether oxygens (including phenoxy) is 1. The van der Waals surface area contributed by atoms with Crippen LogP contribution in [0.25, 0.3) is 22.8 Å². The number of esters is 1. The van der Waals surface area contributed by atoms with E-state index in [4.69, 9.17) is 13.8 Å². The van der Waals surface area contributed by atoms with Crippen LogP contribution in [-0.4, -0.2) is 26.3 Å². The van der Waals surface area contributed by atoms with Gasteiger partial charge in [-0.05, 0) is 35.7 Å². The average Bonchev–Trinajstić information content (AvgIpc) is 3.46. The fourth-order valence-electron chi connectivity index (χ4n) is 2.32. The third kappa shape index (κ3) is 4.29. The maximum absolute atomic E-state index is 13.0. The number of rotatable bonds is 7. The second-order valence-corrected chi connectivity index (χ2v) is 6.48. The van der Waals surface area contributed by atoms with Crippen LogP contribution in [-0.2, 0) is 22.6 Å². The Bertz CT molecular complexity index is 1060. The van der Waals surface area contributed by atoms with Crippen molar-refractivity contribution in [2.24, 2.45) is 0 Å². The lowest BCUT2D eigenvalue weighted by Gasteiger charge is -1.99. The molecule has 3 heterocycles. The van der Waals surface area contributed by atoms with Gasteiger partial charge in [0.15, 0.2) is 6.61 Å². The number of nitrogens with zero attached hydrogens (tertiary/aromatic N) is 4. The van der Waals surface area contributed by atoms with Crippen molar-refractivity contribution < 1.29 is 23.0 Å². The molecule has 0 bridgehead atoms. The molecule has 0 fully saturated rings. The van der Waals surface area contributed by atoms with Crippen LogP contribution in [0.3, 0.4) is 0 Å². The standard InChI is InChI=1S/C18H13FN4O4S/c19-13-3-1-11(2-4-13)17-20-14(26-22-17)5-6-16(24)25-9-15-21-18(23-27-15)12-7-8-28-10-12/h1-4,7-8,10H,5-6,9H2. The Kier molecular flexibility index (Phi) is 5.20. The van der Waals surface area contributed by atoms with Crippen LogP contribution < -0.4 is 0 Å². The first-order chi connectivity index (χ1) is 13.7. The average molecular weight is 400 g/mol. The highest BCUT2D eigenvalue weighted by Crippen LogP contribution is 2.19. The second kappa shape index (κ2) is 8.09. The van der Waals surface area contributed by atoms with Gasteiger partial charge in [0.05, 0.1) is 6.42 Å². The molecule has 0 saturated heterocycles. The van der Waals surface area contributed by atoms with Gasteiger partial charge >= 0.3 is 5.97 Å². The summed E-state index contributed by atoms with van der Waals surface area (Å²) < 4.78 is 28.2. The SMILES string of the molecule is O=C(CCc1nc(-c2ccc(F)cc2)no1)OCc1nc(-c2ccsc2)no1. The number of halogens is 1. The number of carbonyl (C=O) groups excluding carboxylic acids is 1. The Hall–Kier alpha value is -3.40. The van der Waals surface area contributed by atoms with Crippen molar-refractivity contribution in [3.8, 4) is 22.8 Å². The lowest BCUT2D eigenvalue weighted by Crippen LogP contribution is -2.06. The highest BCUT2D eigenvalue weighted by molar-refractivity contribution is 7.08. The first kappa shape index (κ1) is 18.0. The molecule has 28 heavy (non-hydrogen) atoms. The number of thiophene rings is 1. The van der Waals surface area contributed by atoms with E-state index in [1.54, 1.807) is 12.1 Å². The number of hydrogen-bond acceptors (Lipinski definition) is 9. The summed E-state index contributed by atoms with van der Waals surface area (Å²) in [6.45, 7) is -0.110. The summed E-state index contributed by atoms with van der Waals surface area (Å²) in [6.07, 6.45) is 0.271. The third-order valence-electron chi connectivity index (χ3n) is 3.72. The summed E-state index contributed by atoms with van der Waals surface area (Å²) in [5.74, 6) is 0.470. The molecular formula is C18H13FN4O4S. The lowest BCUT2D eigenvalue weighted by atomic mass is 10.2. The van der Waals surface area contributed by atoms with Crippen LogP contribution >= 0.6 is 11.3 Å². The van der Waals surface area contributed by atoms with Gasteiger partial charge in [-0.25, -0.2) is 4.39 Å². The summed E-state index contributed by atoms with van der Waals surface area (Å²) in [6, 6.07) is 7.59.